The van der Waals surface area contributed by atoms with Crippen molar-refractivity contribution in [3.63, 3.8) is 0 Å². The predicted molar refractivity (Wildman–Crippen MR) is 153 cm³/mol. The number of aryl methyl sites for hydroxylation is 1. The average molecular weight is 554 g/mol. The molecule has 0 aliphatic carbocycles. The number of anilines is 1. The first kappa shape index (κ1) is 28.5. The number of rotatable bonds is 10. The number of piperazine rings is 1. The van der Waals surface area contributed by atoms with Gasteiger partial charge in [-0.25, -0.2) is 4.79 Å². The molecule has 1 heterocycles. The summed E-state index contributed by atoms with van der Waals surface area (Å²) < 4.78 is 22.6. The molecular weight excluding hydrogens is 518 g/mol. The largest absolute Gasteiger partial charge is 0.493 e. The number of hydrogen-bond acceptors (Lipinski definition) is 6. The Morgan fingerprint density at radius 2 is 1.59 bits per heavy atom. The van der Waals surface area contributed by atoms with Gasteiger partial charge in [0.2, 0.25) is 5.75 Å². The highest BCUT2D eigenvalue weighted by Crippen LogP contribution is 2.40. The smallest absolute Gasteiger partial charge is 0.321 e. The maximum atomic E-state index is 13.0. The Bertz CT molecular complexity index is 1220. The molecule has 1 unspecified atom stereocenters. The van der Waals surface area contributed by atoms with Gasteiger partial charge in [0.1, 0.15) is 0 Å². The summed E-state index contributed by atoms with van der Waals surface area (Å²) in [5, 5.41) is 3.65. The first-order valence-corrected chi connectivity index (χ1v) is 13.3. The lowest BCUT2D eigenvalue weighted by molar-refractivity contribution is 0.00592. The summed E-state index contributed by atoms with van der Waals surface area (Å²) in [5.74, 6) is 1.44. The van der Waals surface area contributed by atoms with Crippen molar-refractivity contribution >= 4 is 23.3 Å². The Labute approximate surface area is 235 Å². The van der Waals surface area contributed by atoms with Crippen molar-refractivity contribution in [3.05, 3.63) is 82.4 Å². The van der Waals surface area contributed by atoms with Crippen LogP contribution in [0.4, 0.5) is 10.5 Å². The van der Waals surface area contributed by atoms with Crippen LogP contribution in [0.1, 0.15) is 22.8 Å². The van der Waals surface area contributed by atoms with Gasteiger partial charge in [-0.1, -0.05) is 53.6 Å². The fourth-order valence-electron chi connectivity index (χ4n) is 4.65. The predicted octanol–water partition coefficient (Wildman–Crippen LogP) is 5.78. The van der Waals surface area contributed by atoms with Gasteiger partial charge in [0.15, 0.2) is 11.5 Å². The number of halogens is 1. The lowest BCUT2D eigenvalue weighted by Gasteiger charge is -2.36. The molecule has 3 aromatic carbocycles. The normalized spacial score (nSPS) is 14.5. The van der Waals surface area contributed by atoms with E-state index in [0.717, 1.165) is 30.8 Å². The molecule has 1 aliphatic heterocycles. The first-order valence-electron chi connectivity index (χ1n) is 12.9. The van der Waals surface area contributed by atoms with Crippen molar-refractivity contribution in [2.75, 3.05) is 59.4 Å². The molecule has 1 N–H and O–H groups in total. The Hall–Kier alpha value is -3.46. The van der Waals surface area contributed by atoms with Crippen LogP contribution >= 0.6 is 11.6 Å². The van der Waals surface area contributed by atoms with Crippen LogP contribution < -0.4 is 19.5 Å². The average Bonchev–Trinajstić information content (AvgIpc) is 2.95. The molecule has 0 aromatic heterocycles. The molecule has 0 spiro atoms. The molecule has 3 aromatic rings. The number of amides is 2. The van der Waals surface area contributed by atoms with E-state index in [2.05, 4.69) is 35.3 Å². The second kappa shape index (κ2) is 13.6. The molecule has 1 atom stereocenters. The molecule has 0 radical (unpaired) electrons. The van der Waals surface area contributed by atoms with Gasteiger partial charge in [-0.3, -0.25) is 4.90 Å². The standard InChI is InChI=1S/C30H36ClN3O5/c1-21-6-5-7-22(16-21)20-39-28(23-8-10-24(31)11-9-23)19-33-12-14-34(15-13-33)30(35)32-25-17-26(36-2)29(38-4)27(18-25)37-3/h5-11,16-18,28H,12-15,19-20H2,1-4H3,(H,32,35). The molecule has 0 bridgehead atoms. The fraction of sp³-hybridized carbons (Fsp3) is 0.367. The van der Waals surface area contributed by atoms with Crippen molar-refractivity contribution in [3.8, 4) is 17.2 Å². The number of nitrogens with zero attached hydrogens (tertiary/aromatic N) is 2. The van der Waals surface area contributed by atoms with Crippen LogP contribution in [0.2, 0.25) is 5.02 Å². The van der Waals surface area contributed by atoms with Crippen LogP contribution in [-0.4, -0.2) is 69.9 Å². The van der Waals surface area contributed by atoms with Gasteiger partial charge in [0, 0.05) is 49.9 Å². The van der Waals surface area contributed by atoms with Gasteiger partial charge in [0.05, 0.1) is 39.7 Å². The van der Waals surface area contributed by atoms with Crippen molar-refractivity contribution in [1.82, 2.24) is 9.80 Å². The first-order chi connectivity index (χ1) is 18.9. The van der Waals surface area contributed by atoms with Crippen molar-refractivity contribution in [2.24, 2.45) is 0 Å². The van der Waals surface area contributed by atoms with E-state index >= 15 is 0 Å². The van der Waals surface area contributed by atoms with E-state index in [9.17, 15) is 4.79 Å². The number of ether oxygens (including phenoxy) is 4. The number of carbonyl (C=O) groups excluding carboxylic acids is 1. The van der Waals surface area contributed by atoms with Gasteiger partial charge in [0.25, 0.3) is 0 Å². The zero-order chi connectivity index (χ0) is 27.8. The minimum absolute atomic E-state index is 0.123. The van der Waals surface area contributed by atoms with E-state index < -0.39 is 0 Å². The zero-order valence-electron chi connectivity index (χ0n) is 22.9. The van der Waals surface area contributed by atoms with Crippen molar-refractivity contribution < 1.29 is 23.7 Å². The minimum Gasteiger partial charge on any atom is -0.493 e. The summed E-state index contributed by atoms with van der Waals surface area (Å²) in [7, 11) is 4.64. The molecular formula is C30H36ClN3O5. The van der Waals surface area contributed by atoms with Crippen LogP contribution in [0, 0.1) is 6.92 Å². The second-order valence-electron chi connectivity index (χ2n) is 9.47. The van der Waals surface area contributed by atoms with Gasteiger partial charge in [-0.05, 0) is 30.2 Å². The number of nitrogens with one attached hydrogen (secondary N) is 1. The summed E-state index contributed by atoms with van der Waals surface area (Å²) in [6.07, 6.45) is -0.123. The van der Waals surface area contributed by atoms with Gasteiger partial charge in [-0.15, -0.1) is 0 Å². The monoisotopic (exact) mass is 553 g/mol. The highest BCUT2D eigenvalue weighted by Gasteiger charge is 2.25. The minimum atomic E-state index is -0.172. The summed E-state index contributed by atoms with van der Waals surface area (Å²) in [4.78, 5) is 17.2. The highest BCUT2D eigenvalue weighted by atomic mass is 35.5. The molecule has 4 rings (SSSR count). The van der Waals surface area contributed by atoms with Crippen molar-refractivity contribution in [2.45, 2.75) is 19.6 Å². The summed E-state index contributed by atoms with van der Waals surface area (Å²) in [6.45, 7) is 5.99. The SMILES string of the molecule is COc1cc(NC(=O)N2CCN(CC(OCc3cccc(C)c3)c3ccc(Cl)cc3)CC2)cc(OC)c1OC. The van der Waals surface area contributed by atoms with E-state index in [1.54, 1.807) is 33.5 Å². The molecule has 9 heteroatoms. The molecule has 39 heavy (non-hydrogen) atoms. The van der Waals surface area contributed by atoms with E-state index in [1.165, 1.54) is 5.56 Å². The number of carbonyl (C=O) groups is 1. The third-order valence-electron chi connectivity index (χ3n) is 6.77. The molecule has 2 amide bonds. The Morgan fingerprint density at radius 1 is 0.923 bits per heavy atom. The van der Waals surface area contributed by atoms with Crippen molar-refractivity contribution in [1.29, 1.82) is 0 Å². The molecule has 1 fully saturated rings. The summed E-state index contributed by atoms with van der Waals surface area (Å²) in [5.41, 5.74) is 4.00. The number of urea groups is 1. The van der Waals surface area contributed by atoms with Gasteiger partial charge in [-0.2, -0.15) is 0 Å². The molecule has 8 nitrogen and oxygen atoms in total. The molecule has 1 aliphatic rings. The summed E-state index contributed by atoms with van der Waals surface area (Å²) >= 11 is 6.14. The van der Waals surface area contributed by atoms with E-state index in [-0.39, 0.29) is 12.1 Å². The van der Waals surface area contributed by atoms with Crippen LogP contribution in [0.5, 0.6) is 17.2 Å². The zero-order valence-corrected chi connectivity index (χ0v) is 23.7. The highest BCUT2D eigenvalue weighted by molar-refractivity contribution is 6.30. The Kier molecular flexibility index (Phi) is 9.92. The fourth-order valence-corrected chi connectivity index (χ4v) is 4.78. The lowest BCUT2D eigenvalue weighted by Crippen LogP contribution is -2.50. The number of hydrogen-bond donors (Lipinski definition) is 1. The van der Waals surface area contributed by atoms with Crippen LogP contribution in [-0.2, 0) is 11.3 Å². The number of benzene rings is 3. The van der Waals surface area contributed by atoms with Crippen LogP contribution in [0.15, 0.2) is 60.7 Å². The molecule has 0 saturated carbocycles. The Morgan fingerprint density at radius 3 is 2.18 bits per heavy atom. The van der Waals surface area contributed by atoms with Gasteiger partial charge >= 0.3 is 6.03 Å². The Balaban J connectivity index is 1.36. The van der Waals surface area contributed by atoms with E-state index in [1.807, 2.05) is 35.2 Å². The second-order valence-corrected chi connectivity index (χ2v) is 9.91. The molecule has 1 saturated heterocycles. The third kappa shape index (κ3) is 7.56. The summed E-state index contributed by atoms with van der Waals surface area (Å²) in [6, 6.07) is 19.4. The third-order valence-corrected chi connectivity index (χ3v) is 7.03. The quantitative estimate of drug-likeness (QED) is 0.343. The lowest BCUT2D eigenvalue weighted by atomic mass is 10.1. The van der Waals surface area contributed by atoms with Gasteiger partial charge < -0.3 is 29.2 Å². The van der Waals surface area contributed by atoms with Crippen LogP contribution in [0.3, 0.4) is 0 Å². The molecule has 208 valence electrons. The maximum Gasteiger partial charge on any atom is 0.321 e. The van der Waals surface area contributed by atoms with E-state index in [0.29, 0.717) is 47.7 Å². The topological polar surface area (TPSA) is 72.5 Å². The maximum absolute atomic E-state index is 13.0. The number of methoxy groups -OCH3 is 3. The van der Waals surface area contributed by atoms with E-state index in [4.69, 9.17) is 30.5 Å². The van der Waals surface area contributed by atoms with Crippen LogP contribution in [0.25, 0.3) is 0 Å².